The standard InChI is InChI=1S/C17H25N7O6/c1-24-3-2-7(26)11(24)16(29)22-9-8(4-25)30-17(13(28)12(9)27)23-15-10-14(19-5-18-10)20-6-21-15/h5-9,11-13,17,25-28H,2-4H2,1H3,(H,22,29)(H2,18,19,20,21,23)/t7-,8+,9+,11+,12-,13+,17+/m1/s1. The van der Waals surface area contributed by atoms with Crippen molar-refractivity contribution in [1.29, 1.82) is 0 Å². The Balaban J connectivity index is 1.49. The summed E-state index contributed by atoms with van der Waals surface area (Å²) in [5, 5.41) is 46.5. The highest BCUT2D eigenvalue weighted by atomic mass is 16.5. The number of anilines is 1. The van der Waals surface area contributed by atoms with Crippen molar-refractivity contribution in [1.82, 2.24) is 30.2 Å². The van der Waals surface area contributed by atoms with Crippen molar-refractivity contribution in [3.05, 3.63) is 12.7 Å². The maximum Gasteiger partial charge on any atom is 0.240 e. The molecule has 0 spiro atoms. The number of H-pyrrole nitrogens is 1. The number of carbonyl (C=O) groups excluding carboxylic acids is 1. The highest BCUT2D eigenvalue weighted by Gasteiger charge is 2.47. The van der Waals surface area contributed by atoms with Crippen LogP contribution >= 0.6 is 0 Å². The molecule has 2 aromatic heterocycles. The minimum atomic E-state index is -1.45. The number of likely N-dealkylation sites (tertiary alicyclic amines) is 1. The van der Waals surface area contributed by atoms with Gasteiger partial charge in [0, 0.05) is 6.54 Å². The molecule has 0 saturated carbocycles. The number of likely N-dealkylation sites (N-methyl/N-ethyl adjacent to an activating group) is 1. The number of aliphatic hydroxyl groups is 4. The number of hydrogen-bond acceptors (Lipinski definition) is 11. The van der Waals surface area contributed by atoms with Gasteiger partial charge in [-0.05, 0) is 13.5 Å². The van der Waals surface area contributed by atoms with E-state index in [1.165, 1.54) is 12.7 Å². The van der Waals surface area contributed by atoms with Crippen molar-refractivity contribution in [2.45, 2.75) is 49.1 Å². The molecule has 0 bridgehead atoms. The van der Waals surface area contributed by atoms with E-state index in [-0.39, 0.29) is 0 Å². The second-order valence-corrected chi connectivity index (χ2v) is 7.54. The molecule has 1 amide bonds. The molecular formula is C17H25N7O6. The van der Waals surface area contributed by atoms with Crippen LogP contribution in [-0.2, 0) is 9.53 Å². The second kappa shape index (κ2) is 8.37. The van der Waals surface area contributed by atoms with E-state index in [1.807, 2.05) is 0 Å². The topological polar surface area (TPSA) is 189 Å². The molecule has 2 fully saturated rings. The van der Waals surface area contributed by atoms with Gasteiger partial charge in [0.2, 0.25) is 5.91 Å². The molecule has 0 radical (unpaired) electrons. The molecule has 0 unspecified atom stereocenters. The van der Waals surface area contributed by atoms with Gasteiger partial charge in [0.15, 0.2) is 17.7 Å². The van der Waals surface area contributed by atoms with E-state index in [0.717, 1.165) is 0 Å². The van der Waals surface area contributed by atoms with E-state index in [1.54, 1.807) is 11.9 Å². The lowest BCUT2D eigenvalue weighted by atomic mass is 9.95. The van der Waals surface area contributed by atoms with Crippen LogP contribution in [0.2, 0.25) is 0 Å². The van der Waals surface area contributed by atoms with Crippen LogP contribution in [0.3, 0.4) is 0 Å². The fourth-order valence-electron chi connectivity index (χ4n) is 3.98. The van der Waals surface area contributed by atoms with Crippen molar-refractivity contribution >= 4 is 22.9 Å². The van der Waals surface area contributed by atoms with Gasteiger partial charge in [0.1, 0.15) is 36.2 Å². The van der Waals surface area contributed by atoms with Gasteiger partial charge in [-0.15, -0.1) is 0 Å². The predicted molar refractivity (Wildman–Crippen MR) is 102 cm³/mol. The third-order valence-corrected chi connectivity index (χ3v) is 5.63. The molecule has 2 saturated heterocycles. The third-order valence-electron chi connectivity index (χ3n) is 5.63. The molecule has 2 aromatic rings. The highest BCUT2D eigenvalue weighted by molar-refractivity contribution is 5.83. The number of ether oxygens (including phenoxy) is 1. The van der Waals surface area contributed by atoms with Gasteiger partial charge < -0.3 is 40.8 Å². The number of imidazole rings is 1. The summed E-state index contributed by atoms with van der Waals surface area (Å²) >= 11 is 0. The summed E-state index contributed by atoms with van der Waals surface area (Å²) < 4.78 is 5.72. The molecule has 2 aliphatic heterocycles. The number of amides is 1. The molecule has 7 N–H and O–H groups in total. The first-order chi connectivity index (χ1) is 14.4. The van der Waals surface area contributed by atoms with Crippen LogP contribution in [0.1, 0.15) is 6.42 Å². The number of nitrogens with one attached hydrogen (secondary N) is 3. The van der Waals surface area contributed by atoms with E-state index in [2.05, 4.69) is 30.6 Å². The van der Waals surface area contributed by atoms with E-state index >= 15 is 0 Å². The predicted octanol–water partition coefficient (Wildman–Crippen LogP) is -3.25. The Morgan fingerprint density at radius 3 is 2.80 bits per heavy atom. The minimum absolute atomic E-state index is 0.295. The molecule has 164 valence electrons. The van der Waals surface area contributed by atoms with Gasteiger partial charge >= 0.3 is 0 Å². The first kappa shape index (κ1) is 20.8. The average molecular weight is 423 g/mol. The Morgan fingerprint density at radius 2 is 2.10 bits per heavy atom. The molecule has 0 aromatic carbocycles. The molecular weight excluding hydrogens is 398 g/mol. The molecule has 4 rings (SSSR count). The van der Waals surface area contributed by atoms with Crippen molar-refractivity contribution in [2.24, 2.45) is 0 Å². The quantitative estimate of drug-likeness (QED) is 0.256. The van der Waals surface area contributed by atoms with E-state index in [9.17, 15) is 25.2 Å². The molecule has 13 nitrogen and oxygen atoms in total. The maximum absolute atomic E-state index is 12.7. The van der Waals surface area contributed by atoms with E-state index in [0.29, 0.717) is 29.9 Å². The first-order valence-electron chi connectivity index (χ1n) is 9.62. The van der Waals surface area contributed by atoms with Gasteiger partial charge in [-0.25, -0.2) is 15.0 Å². The first-order valence-corrected chi connectivity index (χ1v) is 9.62. The Labute approximate surface area is 171 Å². The largest absolute Gasteiger partial charge is 0.394 e. The average Bonchev–Trinajstić information content (AvgIpc) is 3.34. The van der Waals surface area contributed by atoms with Crippen LogP contribution in [0.15, 0.2) is 12.7 Å². The fraction of sp³-hybridized carbons (Fsp3) is 0.647. The number of rotatable bonds is 5. The summed E-state index contributed by atoms with van der Waals surface area (Å²) in [7, 11) is 1.71. The van der Waals surface area contributed by atoms with E-state index < -0.39 is 55.2 Å². The Hall–Kier alpha value is -2.42. The Morgan fingerprint density at radius 1 is 1.30 bits per heavy atom. The highest BCUT2D eigenvalue weighted by Crippen LogP contribution is 2.25. The lowest BCUT2D eigenvalue weighted by Crippen LogP contribution is -2.67. The lowest BCUT2D eigenvalue weighted by Gasteiger charge is -2.43. The Bertz CT molecular complexity index is 884. The number of fused-ring (bicyclic) bond motifs is 1. The lowest BCUT2D eigenvalue weighted by molar-refractivity contribution is -0.186. The summed E-state index contributed by atoms with van der Waals surface area (Å²) in [6.07, 6.45) is -2.67. The number of hydrogen-bond donors (Lipinski definition) is 7. The van der Waals surface area contributed by atoms with Crippen LogP contribution in [0.4, 0.5) is 5.82 Å². The van der Waals surface area contributed by atoms with Crippen molar-refractivity contribution < 1.29 is 30.0 Å². The molecule has 0 aliphatic carbocycles. The van der Waals surface area contributed by atoms with Crippen molar-refractivity contribution in [3.63, 3.8) is 0 Å². The van der Waals surface area contributed by atoms with Crippen LogP contribution in [0.25, 0.3) is 11.2 Å². The summed E-state index contributed by atoms with van der Waals surface area (Å²) in [4.78, 5) is 29.3. The minimum Gasteiger partial charge on any atom is -0.394 e. The SMILES string of the molecule is CN1CC[C@@H](O)[C@H]1C(=O)N[C@@H]1[C@@H](O)[C@H](O)[C@@H](Nc2ncnc3nc[nH]c23)O[C@H]1CO. The van der Waals surface area contributed by atoms with E-state index in [4.69, 9.17) is 4.74 Å². The van der Waals surface area contributed by atoms with Gasteiger partial charge in [0.05, 0.1) is 25.1 Å². The van der Waals surface area contributed by atoms with Crippen molar-refractivity contribution in [3.8, 4) is 0 Å². The van der Waals surface area contributed by atoms with Crippen LogP contribution < -0.4 is 10.6 Å². The number of aromatic amines is 1. The van der Waals surface area contributed by atoms with Crippen LogP contribution in [0.5, 0.6) is 0 Å². The number of aliphatic hydroxyl groups excluding tert-OH is 4. The zero-order valence-electron chi connectivity index (χ0n) is 16.2. The third kappa shape index (κ3) is 3.71. The normalized spacial score (nSPS) is 34.9. The zero-order chi connectivity index (χ0) is 21.4. The van der Waals surface area contributed by atoms with Gasteiger partial charge in [0.25, 0.3) is 0 Å². The molecule has 7 atom stereocenters. The Kier molecular flexibility index (Phi) is 5.81. The number of aromatic nitrogens is 4. The van der Waals surface area contributed by atoms with Gasteiger partial charge in [-0.2, -0.15) is 0 Å². The zero-order valence-corrected chi connectivity index (χ0v) is 16.2. The van der Waals surface area contributed by atoms with Gasteiger partial charge in [-0.1, -0.05) is 0 Å². The summed E-state index contributed by atoms with van der Waals surface area (Å²) in [5.74, 6) is -0.217. The molecule has 30 heavy (non-hydrogen) atoms. The molecule has 4 heterocycles. The summed E-state index contributed by atoms with van der Waals surface area (Å²) in [5.41, 5.74) is 0.887. The molecule has 2 aliphatic rings. The van der Waals surface area contributed by atoms with Crippen molar-refractivity contribution in [2.75, 3.05) is 25.5 Å². The summed E-state index contributed by atoms with van der Waals surface area (Å²) in [6, 6.07) is -1.85. The maximum atomic E-state index is 12.7. The van der Waals surface area contributed by atoms with Crippen LogP contribution in [0, 0.1) is 0 Å². The number of nitrogens with zero attached hydrogens (tertiary/aromatic N) is 4. The monoisotopic (exact) mass is 423 g/mol. The smallest absolute Gasteiger partial charge is 0.240 e. The summed E-state index contributed by atoms with van der Waals surface area (Å²) in [6.45, 7) is 0.0429. The molecule has 13 heteroatoms. The number of carbonyl (C=O) groups is 1. The fourth-order valence-corrected chi connectivity index (χ4v) is 3.98. The second-order valence-electron chi connectivity index (χ2n) is 7.54. The van der Waals surface area contributed by atoms with Gasteiger partial charge in [-0.3, -0.25) is 9.69 Å². The van der Waals surface area contributed by atoms with Crippen LogP contribution in [-0.4, -0.2) is 114 Å².